The van der Waals surface area contributed by atoms with Crippen LogP contribution in [0.1, 0.15) is 57.8 Å². The summed E-state index contributed by atoms with van der Waals surface area (Å²) in [6.45, 7) is 5.74. The number of nitrogens with zero attached hydrogens (tertiary/aromatic N) is 2. The fourth-order valence-electron chi connectivity index (χ4n) is 5.27. The van der Waals surface area contributed by atoms with Crippen molar-refractivity contribution in [2.75, 3.05) is 39.4 Å². The van der Waals surface area contributed by atoms with Crippen molar-refractivity contribution in [3.63, 3.8) is 0 Å². The Morgan fingerprint density at radius 2 is 1.68 bits per heavy atom. The predicted octanol–water partition coefficient (Wildman–Crippen LogP) is 2.85. The number of hydrogen-bond donors (Lipinski definition) is 1. The number of carbonyl (C=O) groups excluding carboxylic acids is 1. The van der Waals surface area contributed by atoms with Crippen molar-refractivity contribution in [3.8, 4) is 0 Å². The SMILES string of the molecule is O=C(N[C@@H]1C[C@H]1C1CCCCC1)N1CCCN(C2CCOCC2)CC1. The first-order valence-electron chi connectivity index (χ1n) is 10.7. The van der Waals surface area contributed by atoms with Gasteiger partial charge in [-0.05, 0) is 37.5 Å². The minimum absolute atomic E-state index is 0.192. The average Bonchev–Trinajstić information content (AvgIpc) is 3.46. The highest BCUT2D eigenvalue weighted by atomic mass is 16.5. The molecule has 1 N–H and O–H groups in total. The van der Waals surface area contributed by atoms with E-state index in [9.17, 15) is 4.79 Å². The van der Waals surface area contributed by atoms with Crippen LogP contribution in [-0.2, 0) is 4.74 Å². The zero-order valence-electron chi connectivity index (χ0n) is 15.6. The van der Waals surface area contributed by atoms with Gasteiger partial charge in [0, 0.05) is 51.5 Å². The van der Waals surface area contributed by atoms with Crippen LogP contribution >= 0.6 is 0 Å². The second-order valence-corrected chi connectivity index (χ2v) is 8.57. The number of nitrogens with one attached hydrogen (secondary N) is 1. The summed E-state index contributed by atoms with van der Waals surface area (Å²) >= 11 is 0. The molecule has 0 aromatic carbocycles. The summed E-state index contributed by atoms with van der Waals surface area (Å²) in [4.78, 5) is 17.3. The van der Waals surface area contributed by atoms with Gasteiger partial charge in [0.25, 0.3) is 0 Å². The van der Waals surface area contributed by atoms with E-state index < -0.39 is 0 Å². The Labute approximate surface area is 152 Å². The standard InChI is InChI=1S/C20H35N3O2/c24-20(21-19-15-18(19)16-5-2-1-3-6-16)23-10-4-9-22(11-12-23)17-7-13-25-14-8-17/h16-19H,1-15H2,(H,21,24)/t18-,19+/m0/s1. The van der Waals surface area contributed by atoms with E-state index in [1.807, 2.05) is 0 Å². The molecule has 2 aliphatic carbocycles. The molecule has 2 heterocycles. The molecular weight excluding hydrogens is 314 g/mol. The number of rotatable bonds is 3. The Bertz CT molecular complexity index is 446. The summed E-state index contributed by atoms with van der Waals surface area (Å²) in [6, 6.07) is 1.32. The Morgan fingerprint density at radius 3 is 2.48 bits per heavy atom. The van der Waals surface area contributed by atoms with Gasteiger partial charge in [0.15, 0.2) is 0 Å². The maximum atomic E-state index is 12.7. The number of urea groups is 1. The molecule has 0 radical (unpaired) electrons. The largest absolute Gasteiger partial charge is 0.381 e. The molecule has 0 aromatic heterocycles. The van der Waals surface area contributed by atoms with Gasteiger partial charge in [-0.3, -0.25) is 4.90 Å². The van der Waals surface area contributed by atoms with Crippen molar-refractivity contribution in [2.24, 2.45) is 11.8 Å². The molecule has 2 aliphatic heterocycles. The molecule has 0 aromatic rings. The quantitative estimate of drug-likeness (QED) is 0.852. The van der Waals surface area contributed by atoms with Crippen LogP contribution in [0.15, 0.2) is 0 Å². The van der Waals surface area contributed by atoms with Crippen LogP contribution in [0.2, 0.25) is 0 Å². The van der Waals surface area contributed by atoms with Crippen molar-refractivity contribution >= 4 is 6.03 Å². The molecule has 4 fully saturated rings. The number of hydrogen-bond acceptors (Lipinski definition) is 3. The molecule has 0 unspecified atom stereocenters. The number of carbonyl (C=O) groups is 1. The minimum atomic E-state index is 0.192. The fraction of sp³-hybridized carbons (Fsp3) is 0.950. The van der Waals surface area contributed by atoms with Gasteiger partial charge in [-0.2, -0.15) is 0 Å². The maximum absolute atomic E-state index is 12.7. The molecule has 5 nitrogen and oxygen atoms in total. The third-order valence-electron chi connectivity index (χ3n) is 6.93. The molecule has 4 aliphatic rings. The third-order valence-corrected chi connectivity index (χ3v) is 6.93. The van der Waals surface area contributed by atoms with Gasteiger partial charge in [0.1, 0.15) is 0 Å². The second kappa shape index (κ2) is 8.26. The zero-order valence-corrected chi connectivity index (χ0v) is 15.6. The van der Waals surface area contributed by atoms with Gasteiger partial charge >= 0.3 is 6.03 Å². The first kappa shape index (κ1) is 17.6. The van der Waals surface area contributed by atoms with Gasteiger partial charge in [0.05, 0.1) is 0 Å². The highest BCUT2D eigenvalue weighted by molar-refractivity contribution is 5.75. The Morgan fingerprint density at radius 1 is 0.880 bits per heavy atom. The molecule has 2 amide bonds. The van der Waals surface area contributed by atoms with E-state index in [-0.39, 0.29) is 6.03 Å². The van der Waals surface area contributed by atoms with Crippen molar-refractivity contribution in [1.82, 2.24) is 15.1 Å². The Kier molecular flexibility index (Phi) is 5.81. The van der Waals surface area contributed by atoms with Crippen LogP contribution in [0.3, 0.4) is 0 Å². The number of amides is 2. The van der Waals surface area contributed by atoms with Crippen molar-refractivity contribution < 1.29 is 9.53 Å². The first-order valence-corrected chi connectivity index (χ1v) is 10.7. The lowest BCUT2D eigenvalue weighted by Gasteiger charge is -2.33. The monoisotopic (exact) mass is 349 g/mol. The second-order valence-electron chi connectivity index (χ2n) is 8.57. The van der Waals surface area contributed by atoms with E-state index in [4.69, 9.17) is 4.74 Å². The first-order chi connectivity index (χ1) is 12.3. The molecule has 5 heteroatoms. The highest BCUT2D eigenvalue weighted by Gasteiger charge is 2.44. The summed E-state index contributed by atoms with van der Waals surface area (Å²) in [5.41, 5.74) is 0. The Hall–Kier alpha value is -0.810. The van der Waals surface area contributed by atoms with Gasteiger partial charge in [-0.1, -0.05) is 32.1 Å². The summed E-state index contributed by atoms with van der Waals surface area (Å²) < 4.78 is 5.49. The van der Waals surface area contributed by atoms with Crippen LogP contribution in [0.25, 0.3) is 0 Å². The molecule has 2 saturated carbocycles. The van der Waals surface area contributed by atoms with E-state index >= 15 is 0 Å². The van der Waals surface area contributed by atoms with Crippen LogP contribution in [-0.4, -0.2) is 67.3 Å². The fourth-order valence-corrected chi connectivity index (χ4v) is 5.27. The van der Waals surface area contributed by atoms with Crippen molar-refractivity contribution in [3.05, 3.63) is 0 Å². The summed E-state index contributed by atoms with van der Waals surface area (Å²) in [6.07, 6.45) is 11.6. The van der Waals surface area contributed by atoms with E-state index in [1.54, 1.807) is 0 Å². The van der Waals surface area contributed by atoms with E-state index in [0.717, 1.165) is 70.5 Å². The minimum Gasteiger partial charge on any atom is -0.381 e. The van der Waals surface area contributed by atoms with E-state index in [2.05, 4.69) is 15.1 Å². The summed E-state index contributed by atoms with van der Waals surface area (Å²) in [5.74, 6) is 1.65. The van der Waals surface area contributed by atoms with Crippen molar-refractivity contribution in [1.29, 1.82) is 0 Å². The molecule has 0 bridgehead atoms. The van der Waals surface area contributed by atoms with Crippen molar-refractivity contribution in [2.45, 2.75) is 69.9 Å². The third kappa shape index (κ3) is 4.48. The molecule has 2 atom stereocenters. The molecule has 142 valence electrons. The summed E-state index contributed by atoms with van der Waals surface area (Å²) in [7, 11) is 0. The van der Waals surface area contributed by atoms with E-state index in [0.29, 0.717) is 12.1 Å². The molecule has 2 saturated heterocycles. The van der Waals surface area contributed by atoms with Crippen LogP contribution in [0.4, 0.5) is 4.79 Å². The van der Waals surface area contributed by atoms with Gasteiger partial charge in [-0.25, -0.2) is 4.79 Å². The highest BCUT2D eigenvalue weighted by Crippen LogP contribution is 2.44. The number of ether oxygens (including phenoxy) is 1. The topological polar surface area (TPSA) is 44.8 Å². The lowest BCUT2D eigenvalue weighted by Crippen LogP contribution is -2.45. The van der Waals surface area contributed by atoms with Gasteiger partial charge in [0.2, 0.25) is 0 Å². The predicted molar refractivity (Wildman–Crippen MR) is 98.6 cm³/mol. The van der Waals surface area contributed by atoms with Crippen LogP contribution in [0.5, 0.6) is 0 Å². The molecule has 4 rings (SSSR count). The molecule has 0 spiro atoms. The molecule has 25 heavy (non-hydrogen) atoms. The Balaban J connectivity index is 1.21. The lowest BCUT2D eigenvalue weighted by atomic mass is 9.85. The smallest absolute Gasteiger partial charge is 0.317 e. The normalized spacial score (nSPS) is 33.0. The van der Waals surface area contributed by atoms with Crippen LogP contribution < -0.4 is 5.32 Å². The van der Waals surface area contributed by atoms with E-state index in [1.165, 1.54) is 38.5 Å². The van der Waals surface area contributed by atoms with Crippen LogP contribution in [0, 0.1) is 11.8 Å². The summed E-state index contributed by atoms with van der Waals surface area (Å²) in [5, 5.41) is 3.34. The maximum Gasteiger partial charge on any atom is 0.317 e. The lowest BCUT2D eigenvalue weighted by molar-refractivity contribution is 0.0356. The van der Waals surface area contributed by atoms with Gasteiger partial charge in [-0.15, -0.1) is 0 Å². The molecular formula is C20H35N3O2. The van der Waals surface area contributed by atoms with Gasteiger partial charge < -0.3 is 15.0 Å². The zero-order chi connectivity index (χ0) is 17.1. The average molecular weight is 350 g/mol.